The molecule has 34 heavy (non-hydrogen) atoms. The van der Waals surface area contributed by atoms with Crippen LogP contribution in [-0.2, 0) is 13.0 Å². The molecule has 5 nitrogen and oxygen atoms in total. The van der Waals surface area contributed by atoms with Crippen molar-refractivity contribution in [1.82, 2.24) is 4.90 Å². The number of nitrogens with zero attached hydrogens (tertiary/aromatic N) is 1. The van der Waals surface area contributed by atoms with E-state index in [2.05, 4.69) is 30.3 Å². The Morgan fingerprint density at radius 1 is 0.882 bits per heavy atom. The van der Waals surface area contributed by atoms with Gasteiger partial charge in [-0.15, -0.1) is 0 Å². The van der Waals surface area contributed by atoms with E-state index >= 15 is 0 Å². The van der Waals surface area contributed by atoms with Crippen LogP contribution in [0.25, 0.3) is 0 Å². The Morgan fingerprint density at radius 3 is 2.29 bits per heavy atom. The first kappa shape index (κ1) is 23.7. The van der Waals surface area contributed by atoms with Crippen LogP contribution in [0, 0.1) is 5.92 Å². The molecule has 3 aromatic carbocycles. The number of para-hydroxylation sites is 2. The quantitative estimate of drug-likeness (QED) is 0.408. The number of benzene rings is 3. The van der Waals surface area contributed by atoms with E-state index in [0.717, 1.165) is 43.7 Å². The number of carbonyl (C=O) groups excluding carboxylic acids is 1. The standard InChI is InChI=1S/C29H33NO4/c1-3-33-26-14-13-24(20-25(26)21-34-28-12-8-7-11-27(28)32-2)29(31)30-17-15-23(16-18-30)19-22-9-5-4-6-10-22/h4-14,20,23H,3,15-19,21H2,1-2H3. The van der Waals surface area contributed by atoms with Gasteiger partial charge in [-0.2, -0.15) is 0 Å². The number of carbonyl (C=O) groups is 1. The SMILES string of the molecule is CCOc1ccc(C(=O)N2CCC(Cc3ccccc3)CC2)cc1COc1ccccc1OC. The molecule has 1 aliphatic heterocycles. The van der Waals surface area contributed by atoms with E-state index in [4.69, 9.17) is 14.2 Å². The number of likely N-dealkylation sites (tertiary alicyclic amines) is 1. The van der Waals surface area contributed by atoms with Gasteiger partial charge in [0.2, 0.25) is 0 Å². The van der Waals surface area contributed by atoms with Crippen LogP contribution in [0.15, 0.2) is 72.8 Å². The lowest BCUT2D eigenvalue weighted by Gasteiger charge is -2.32. The summed E-state index contributed by atoms with van der Waals surface area (Å²) in [5, 5.41) is 0. The average Bonchev–Trinajstić information content (AvgIpc) is 2.89. The zero-order valence-electron chi connectivity index (χ0n) is 20.0. The Morgan fingerprint density at radius 2 is 1.59 bits per heavy atom. The highest BCUT2D eigenvalue weighted by Gasteiger charge is 2.24. The van der Waals surface area contributed by atoms with Crippen LogP contribution >= 0.6 is 0 Å². The number of rotatable bonds is 9. The molecule has 4 rings (SSSR count). The lowest BCUT2D eigenvalue weighted by molar-refractivity contribution is 0.0690. The van der Waals surface area contributed by atoms with Crippen molar-refractivity contribution in [3.05, 3.63) is 89.5 Å². The summed E-state index contributed by atoms with van der Waals surface area (Å²) in [5.41, 5.74) is 2.89. The van der Waals surface area contributed by atoms with E-state index < -0.39 is 0 Å². The van der Waals surface area contributed by atoms with Crippen molar-refractivity contribution in [2.75, 3.05) is 26.8 Å². The minimum Gasteiger partial charge on any atom is -0.493 e. The van der Waals surface area contributed by atoms with Crippen LogP contribution in [0.2, 0.25) is 0 Å². The minimum absolute atomic E-state index is 0.0692. The molecule has 0 N–H and O–H groups in total. The monoisotopic (exact) mass is 459 g/mol. The minimum atomic E-state index is 0.0692. The maximum Gasteiger partial charge on any atom is 0.253 e. The number of piperidine rings is 1. The number of ether oxygens (including phenoxy) is 3. The molecule has 1 aliphatic rings. The third kappa shape index (κ3) is 5.90. The highest BCUT2D eigenvalue weighted by molar-refractivity contribution is 5.94. The number of hydrogen-bond acceptors (Lipinski definition) is 4. The molecule has 0 radical (unpaired) electrons. The number of methoxy groups -OCH3 is 1. The van der Waals surface area contributed by atoms with E-state index in [9.17, 15) is 4.79 Å². The number of amides is 1. The summed E-state index contributed by atoms with van der Waals surface area (Å²) in [4.78, 5) is 15.3. The van der Waals surface area contributed by atoms with Gasteiger partial charge in [0.05, 0.1) is 13.7 Å². The van der Waals surface area contributed by atoms with E-state index in [1.165, 1.54) is 5.56 Å². The molecule has 0 unspecified atom stereocenters. The molecule has 1 heterocycles. The average molecular weight is 460 g/mol. The highest BCUT2D eigenvalue weighted by atomic mass is 16.5. The van der Waals surface area contributed by atoms with Gasteiger partial charge in [-0.05, 0) is 68.0 Å². The highest BCUT2D eigenvalue weighted by Crippen LogP contribution is 2.29. The summed E-state index contributed by atoms with van der Waals surface area (Å²) in [5.74, 6) is 2.75. The van der Waals surface area contributed by atoms with Crippen molar-refractivity contribution in [2.45, 2.75) is 32.8 Å². The molecule has 1 amide bonds. The largest absolute Gasteiger partial charge is 0.493 e. The first-order chi connectivity index (χ1) is 16.7. The van der Waals surface area contributed by atoms with Gasteiger partial charge < -0.3 is 19.1 Å². The lowest BCUT2D eigenvalue weighted by atomic mass is 9.90. The topological polar surface area (TPSA) is 48.0 Å². The second-order valence-corrected chi connectivity index (χ2v) is 8.62. The van der Waals surface area contributed by atoms with Gasteiger partial charge in [-0.25, -0.2) is 0 Å². The van der Waals surface area contributed by atoms with Gasteiger partial charge in [0.1, 0.15) is 12.4 Å². The van der Waals surface area contributed by atoms with Gasteiger partial charge in [0, 0.05) is 24.2 Å². The first-order valence-electron chi connectivity index (χ1n) is 12.0. The Bertz CT molecular complexity index is 1070. The molecule has 1 saturated heterocycles. The second kappa shape index (κ2) is 11.6. The van der Waals surface area contributed by atoms with Crippen LogP contribution in [0.3, 0.4) is 0 Å². The lowest BCUT2D eigenvalue weighted by Crippen LogP contribution is -2.39. The summed E-state index contributed by atoms with van der Waals surface area (Å²) < 4.78 is 17.2. The van der Waals surface area contributed by atoms with Crippen molar-refractivity contribution < 1.29 is 19.0 Å². The van der Waals surface area contributed by atoms with Crippen LogP contribution in [0.4, 0.5) is 0 Å². The third-order valence-corrected chi connectivity index (χ3v) is 6.33. The van der Waals surface area contributed by atoms with Crippen molar-refractivity contribution >= 4 is 5.91 Å². The Labute approximate surface area is 202 Å². The zero-order chi connectivity index (χ0) is 23.8. The second-order valence-electron chi connectivity index (χ2n) is 8.62. The fourth-order valence-electron chi connectivity index (χ4n) is 4.49. The van der Waals surface area contributed by atoms with E-state index in [-0.39, 0.29) is 12.5 Å². The maximum atomic E-state index is 13.3. The molecule has 1 fully saturated rings. The molecule has 0 aliphatic carbocycles. The number of hydrogen-bond donors (Lipinski definition) is 0. The Kier molecular flexibility index (Phi) is 8.08. The van der Waals surface area contributed by atoms with Crippen molar-refractivity contribution in [3.63, 3.8) is 0 Å². The van der Waals surface area contributed by atoms with Crippen molar-refractivity contribution in [2.24, 2.45) is 5.92 Å². The molecule has 5 heteroatoms. The van der Waals surface area contributed by atoms with Gasteiger partial charge in [-0.1, -0.05) is 42.5 Å². The predicted octanol–water partition coefficient (Wildman–Crippen LogP) is 5.77. The molecular formula is C29H33NO4. The molecule has 0 bridgehead atoms. The molecule has 0 saturated carbocycles. The van der Waals surface area contributed by atoms with Crippen LogP contribution in [0.5, 0.6) is 17.2 Å². The summed E-state index contributed by atoms with van der Waals surface area (Å²) in [6.07, 6.45) is 3.14. The van der Waals surface area contributed by atoms with Gasteiger partial charge in [0.15, 0.2) is 11.5 Å². The van der Waals surface area contributed by atoms with Gasteiger partial charge >= 0.3 is 0 Å². The molecular weight excluding hydrogens is 426 g/mol. The van der Waals surface area contributed by atoms with E-state index in [1.807, 2.05) is 54.3 Å². The van der Waals surface area contributed by atoms with Crippen molar-refractivity contribution in [1.29, 1.82) is 0 Å². The first-order valence-corrected chi connectivity index (χ1v) is 12.0. The van der Waals surface area contributed by atoms with Crippen LogP contribution in [-0.4, -0.2) is 37.6 Å². The van der Waals surface area contributed by atoms with Crippen LogP contribution in [0.1, 0.15) is 41.3 Å². The van der Waals surface area contributed by atoms with E-state index in [1.54, 1.807) is 7.11 Å². The normalized spacial score (nSPS) is 14.0. The fraction of sp³-hybridized carbons (Fsp3) is 0.345. The fourth-order valence-corrected chi connectivity index (χ4v) is 4.49. The summed E-state index contributed by atoms with van der Waals surface area (Å²) in [6, 6.07) is 23.8. The van der Waals surface area contributed by atoms with Gasteiger partial charge in [0.25, 0.3) is 5.91 Å². The summed E-state index contributed by atoms with van der Waals surface area (Å²) in [7, 11) is 1.62. The van der Waals surface area contributed by atoms with Crippen molar-refractivity contribution in [3.8, 4) is 17.2 Å². The predicted molar refractivity (Wildman–Crippen MR) is 134 cm³/mol. The molecule has 0 atom stereocenters. The Balaban J connectivity index is 1.41. The molecule has 0 aromatic heterocycles. The van der Waals surface area contributed by atoms with Crippen LogP contribution < -0.4 is 14.2 Å². The third-order valence-electron chi connectivity index (χ3n) is 6.33. The van der Waals surface area contributed by atoms with E-state index in [0.29, 0.717) is 29.6 Å². The molecule has 178 valence electrons. The maximum absolute atomic E-state index is 13.3. The van der Waals surface area contributed by atoms with Gasteiger partial charge in [-0.3, -0.25) is 4.79 Å². The molecule has 0 spiro atoms. The summed E-state index contributed by atoms with van der Waals surface area (Å²) >= 11 is 0. The molecule has 3 aromatic rings. The zero-order valence-corrected chi connectivity index (χ0v) is 20.0. The Hall–Kier alpha value is -3.47. The summed E-state index contributed by atoms with van der Waals surface area (Å²) in [6.45, 7) is 4.36. The smallest absolute Gasteiger partial charge is 0.253 e.